The van der Waals surface area contributed by atoms with Gasteiger partial charge in [-0.05, 0) is 48.4 Å². The van der Waals surface area contributed by atoms with Crippen LogP contribution in [0.25, 0.3) is 27.7 Å². The molecule has 0 N–H and O–H groups in total. The standard InChI is InChI=1S/C33H29N5O5/c1-2-43-33(40)27-22-37(25-13-11-24(12-14-25)23-8-4-3-5-9-23)28-21-29(30(38(41)42)20-26(28)32(27)39)35-16-18-36(19-17-35)31-10-6-7-15-34-31/h3-15,20-22H,2,16-19H2,1H3. The van der Waals surface area contributed by atoms with Gasteiger partial charge in [-0.3, -0.25) is 14.9 Å². The molecule has 10 nitrogen and oxygen atoms in total. The Labute approximate surface area is 247 Å². The highest BCUT2D eigenvalue weighted by Crippen LogP contribution is 2.34. The second kappa shape index (κ2) is 11.8. The van der Waals surface area contributed by atoms with E-state index in [4.69, 9.17) is 4.74 Å². The number of fused-ring (bicyclic) bond motifs is 1. The van der Waals surface area contributed by atoms with Crippen LogP contribution in [0, 0.1) is 10.1 Å². The molecule has 0 bridgehead atoms. The molecule has 216 valence electrons. The Bertz CT molecular complexity index is 1850. The van der Waals surface area contributed by atoms with Gasteiger partial charge in [0.2, 0.25) is 5.43 Å². The Morgan fingerprint density at radius 3 is 2.23 bits per heavy atom. The fraction of sp³-hybridized carbons (Fsp3) is 0.182. The van der Waals surface area contributed by atoms with Gasteiger partial charge in [0.25, 0.3) is 5.69 Å². The third-order valence-corrected chi connectivity index (χ3v) is 7.64. The zero-order valence-corrected chi connectivity index (χ0v) is 23.6. The highest BCUT2D eigenvalue weighted by molar-refractivity contribution is 5.96. The molecule has 1 saturated heterocycles. The van der Waals surface area contributed by atoms with Crippen LogP contribution >= 0.6 is 0 Å². The first kappa shape index (κ1) is 27.6. The number of piperazine rings is 1. The maximum atomic E-state index is 13.6. The minimum Gasteiger partial charge on any atom is -0.462 e. The van der Waals surface area contributed by atoms with Crippen molar-refractivity contribution in [3.05, 3.63) is 123 Å². The lowest BCUT2D eigenvalue weighted by atomic mass is 10.0. The summed E-state index contributed by atoms with van der Waals surface area (Å²) in [6.07, 6.45) is 3.21. The first-order chi connectivity index (χ1) is 20.9. The quantitative estimate of drug-likeness (QED) is 0.143. The van der Waals surface area contributed by atoms with Crippen molar-refractivity contribution in [2.75, 3.05) is 42.6 Å². The van der Waals surface area contributed by atoms with E-state index in [-0.39, 0.29) is 23.2 Å². The van der Waals surface area contributed by atoms with Crippen molar-refractivity contribution >= 4 is 34.1 Å². The fourth-order valence-electron chi connectivity index (χ4n) is 5.48. The molecule has 5 aromatic rings. The predicted octanol–water partition coefficient (Wildman–Crippen LogP) is 5.46. The SMILES string of the molecule is CCOC(=O)c1cn(-c2ccc(-c3ccccc3)cc2)c2cc(N3CCN(c4ccccn4)CC3)c([N+](=O)[O-])cc2c1=O. The van der Waals surface area contributed by atoms with Crippen LogP contribution in [0.3, 0.4) is 0 Å². The van der Waals surface area contributed by atoms with Crippen LogP contribution in [0.15, 0.2) is 102 Å². The Kier molecular flexibility index (Phi) is 7.57. The largest absolute Gasteiger partial charge is 0.462 e. The summed E-state index contributed by atoms with van der Waals surface area (Å²) < 4.78 is 6.90. The second-order valence-corrected chi connectivity index (χ2v) is 10.2. The van der Waals surface area contributed by atoms with E-state index in [1.807, 2.05) is 77.7 Å². The second-order valence-electron chi connectivity index (χ2n) is 10.2. The number of pyridine rings is 2. The van der Waals surface area contributed by atoms with Crippen molar-refractivity contribution in [3.63, 3.8) is 0 Å². The van der Waals surface area contributed by atoms with Crippen LogP contribution in [-0.2, 0) is 4.74 Å². The third-order valence-electron chi connectivity index (χ3n) is 7.64. The molecule has 0 radical (unpaired) electrons. The molecule has 1 aliphatic heterocycles. The van der Waals surface area contributed by atoms with Crippen LogP contribution in [0.5, 0.6) is 0 Å². The van der Waals surface area contributed by atoms with E-state index in [2.05, 4.69) is 9.88 Å². The zero-order valence-electron chi connectivity index (χ0n) is 23.6. The molecule has 10 heteroatoms. The Morgan fingerprint density at radius 2 is 1.58 bits per heavy atom. The Morgan fingerprint density at radius 1 is 0.907 bits per heavy atom. The number of nitro benzene ring substituents is 1. The normalized spacial score (nSPS) is 13.2. The minimum atomic E-state index is -0.776. The molecule has 43 heavy (non-hydrogen) atoms. The number of carbonyl (C=O) groups is 1. The van der Waals surface area contributed by atoms with Gasteiger partial charge < -0.3 is 19.1 Å². The molecule has 0 spiro atoms. The van der Waals surface area contributed by atoms with Crippen LogP contribution in [0.4, 0.5) is 17.2 Å². The van der Waals surface area contributed by atoms with E-state index < -0.39 is 16.3 Å². The van der Waals surface area contributed by atoms with E-state index in [0.717, 1.165) is 16.9 Å². The summed E-state index contributed by atoms with van der Waals surface area (Å²) in [4.78, 5) is 46.8. The van der Waals surface area contributed by atoms with Crippen LogP contribution in [0.1, 0.15) is 17.3 Å². The lowest BCUT2D eigenvalue weighted by Crippen LogP contribution is -2.47. The molecule has 0 aliphatic carbocycles. The van der Waals surface area contributed by atoms with Gasteiger partial charge in [0.1, 0.15) is 17.1 Å². The number of hydrogen-bond donors (Lipinski definition) is 0. The first-order valence-electron chi connectivity index (χ1n) is 14.1. The summed E-state index contributed by atoms with van der Waals surface area (Å²) in [5.74, 6) is 0.0795. The minimum absolute atomic E-state index is 0.0697. The van der Waals surface area contributed by atoms with Crippen molar-refractivity contribution < 1.29 is 14.5 Å². The Hall–Kier alpha value is -5.51. The zero-order chi connectivity index (χ0) is 29.9. The number of aromatic nitrogens is 2. The summed E-state index contributed by atoms with van der Waals surface area (Å²) in [5, 5.41) is 12.4. The van der Waals surface area contributed by atoms with Crippen molar-refractivity contribution in [2.24, 2.45) is 0 Å². The molecule has 6 rings (SSSR count). The van der Waals surface area contributed by atoms with Crippen LogP contribution < -0.4 is 15.2 Å². The van der Waals surface area contributed by atoms with Gasteiger partial charge in [0, 0.05) is 50.3 Å². The maximum Gasteiger partial charge on any atom is 0.343 e. The van der Waals surface area contributed by atoms with Crippen molar-refractivity contribution in [2.45, 2.75) is 6.92 Å². The highest BCUT2D eigenvalue weighted by atomic mass is 16.6. The van der Waals surface area contributed by atoms with Crippen molar-refractivity contribution in [3.8, 4) is 16.8 Å². The summed E-state index contributed by atoms with van der Waals surface area (Å²) in [5.41, 5.74) is 2.62. The van der Waals surface area contributed by atoms with Crippen LogP contribution in [0.2, 0.25) is 0 Å². The molecule has 0 atom stereocenters. The molecule has 0 saturated carbocycles. The first-order valence-corrected chi connectivity index (χ1v) is 14.1. The van der Waals surface area contributed by atoms with Gasteiger partial charge in [-0.15, -0.1) is 0 Å². The number of nitrogens with zero attached hydrogens (tertiary/aromatic N) is 5. The molecule has 3 aromatic carbocycles. The number of esters is 1. The van der Waals surface area contributed by atoms with E-state index >= 15 is 0 Å². The predicted molar refractivity (Wildman–Crippen MR) is 166 cm³/mol. The van der Waals surface area contributed by atoms with Crippen molar-refractivity contribution in [1.29, 1.82) is 0 Å². The third kappa shape index (κ3) is 5.42. The van der Waals surface area contributed by atoms with Crippen LogP contribution in [-0.4, -0.2) is 53.2 Å². The van der Waals surface area contributed by atoms with Gasteiger partial charge in [0.15, 0.2) is 0 Å². The number of benzene rings is 3. The van der Waals surface area contributed by atoms with E-state index in [0.29, 0.717) is 43.1 Å². The van der Waals surface area contributed by atoms with Gasteiger partial charge in [-0.2, -0.15) is 0 Å². The smallest absolute Gasteiger partial charge is 0.343 e. The van der Waals surface area contributed by atoms with E-state index in [1.165, 1.54) is 12.3 Å². The number of ether oxygens (including phenoxy) is 1. The molecule has 1 aliphatic rings. The monoisotopic (exact) mass is 575 g/mol. The fourth-order valence-corrected chi connectivity index (χ4v) is 5.48. The molecule has 0 unspecified atom stereocenters. The number of carbonyl (C=O) groups excluding carboxylic acids is 1. The molecule has 2 aromatic heterocycles. The average molecular weight is 576 g/mol. The Balaban J connectivity index is 1.47. The van der Waals surface area contributed by atoms with Gasteiger partial charge in [-0.1, -0.05) is 48.5 Å². The lowest BCUT2D eigenvalue weighted by Gasteiger charge is -2.36. The summed E-state index contributed by atoms with van der Waals surface area (Å²) in [6.45, 7) is 4.05. The average Bonchev–Trinajstić information content (AvgIpc) is 3.05. The number of rotatable bonds is 7. The van der Waals surface area contributed by atoms with Crippen molar-refractivity contribution in [1.82, 2.24) is 9.55 Å². The maximum absolute atomic E-state index is 13.6. The summed E-state index contributed by atoms with van der Waals surface area (Å²) in [7, 11) is 0. The summed E-state index contributed by atoms with van der Waals surface area (Å²) in [6, 6.07) is 26.3. The molecule has 0 amide bonds. The number of anilines is 2. The number of nitro groups is 1. The number of hydrogen-bond acceptors (Lipinski definition) is 8. The summed E-state index contributed by atoms with van der Waals surface area (Å²) >= 11 is 0. The van der Waals surface area contributed by atoms with Gasteiger partial charge in [0.05, 0.1) is 22.4 Å². The van der Waals surface area contributed by atoms with Gasteiger partial charge in [-0.25, -0.2) is 9.78 Å². The molecule has 1 fully saturated rings. The highest BCUT2D eigenvalue weighted by Gasteiger charge is 2.28. The molecular weight excluding hydrogens is 546 g/mol. The lowest BCUT2D eigenvalue weighted by molar-refractivity contribution is -0.384. The molecular formula is C33H29N5O5. The van der Waals surface area contributed by atoms with Gasteiger partial charge >= 0.3 is 5.97 Å². The van der Waals surface area contributed by atoms with E-state index in [9.17, 15) is 19.7 Å². The van der Waals surface area contributed by atoms with E-state index in [1.54, 1.807) is 23.8 Å². The topological polar surface area (TPSA) is 111 Å². The molecule has 3 heterocycles.